The Kier molecular flexibility index (Phi) is 12.3. The summed E-state index contributed by atoms with van der Waals surface area (Å²) in [5, 5.41) is 0. The summed E-state index contributed by atoms with van der Waals surface area (Å²) in [5.41, 5.74) is -0.259. The maximum atomic E-state index is 11.3. The molecule has 2 nitrogen and oxygen atoms in total. The fourth-order valence-electron chi connectivity index (χ4n) is 1.24. The number of esters is 1. The van der Waals surface area contributed by atoms with E-state index in [9.17, 15) is 4.79 Å². The van der Waals surface area contributed by atoms with Gasteiger partial charge in [0, 0.05) is 0 Å². The monoisotopic (exact) mass is 204 g/mol. The van der Waals surface area contributed by atoms with Gasteiger partial charge in [0.1, 0.15) is 0 Å². The van der Waals surface area contributed by atoms with E-state index >= 15 is 0 Å². The van der Waals surface area contributed by atoms with Gasteiger partial charge in [-0.1, -0.05) is 41.5 Å². The second-order valence-corrected chi connectivity index (χ2v) is 3.51. The Bertz CT molecular complexity index is 143. The van der Waals surface area contributed by atoms with Crippen molar-refractivity contribution in [1.29, 1.82) is 0 Å². The van der Waals surface area contributed by atoms with Gasteiger partial charge in [0.2, 0.25) is 0 Å². The lowest BCUT2D eigenvalue weighted by Crippen LogP contribution is -2.28. The molecule has 0 saturated carbocycles. The molecule has 0 aromatic rings. The summed E-state index contributed by atoms with van der Waals surface area (Å²) in [5.74, 6) is -0.0709. The average molecular weight is 204 g/mol. The molecule has 0 aliphatic heterocycles. The van der Waals surface area contributed by atoms with E-state index in [0.717, 1.165) is 25.7 Å². The van der Waals surface area contributed by atoms with Gasteiger partial charge in [-0.25, -0.2) is 0 Å². The van der Waals surface area contributed by atoms with E-state index in [4.69, 9.17) is 4.74 Å². The number of rotatable bonds is 5. The molecular formula is C12H28O2. The van der Waals surface area contributed by atoms with Gasteiger partial charge in [-0.15, -0.1) is 0 Å². The molecule has 0 amide bonds. The molecule has 1 atom stereocenters. The van der Waals surface area contributed by atoms with Crippen molar-refractivity contribution in [2.75, 3.05) is 7.11 Å². The summed E-state index contributed by atoms with van der Waals surface area (Å²) in [7, 11) is 1.46. The highest BCUT2D eigenvalue weighted by molar-refractivity contribution is 5.76. The van der Waals surface area contributed by atoms with Crippen molar-refractivity contribution in [3.05, 3.63) is 0 Å². The molecule has 0 rings (SSSR count). The standard InChI is InChI=1S/C10H20O2.2CH4/c1-5-7-8-10(3,6-2)9(11)12-4;;/h5-8H2,1-4H3;2*1H4. The quantitative estimate of drug-likeness (QED) is 0.632. The Balaban J connectivity index is -0.000000605. The second-order valence-electron chi connectivity index (χ2n) is 3.51. The number of carbonyl (C=O) groups is 1. The van der Waals surface area contributed by atoms with Crippen molar-refractivity contribution >= 4 is 5.97 Å². The summed E-state index contributed by atoms with van der Waals surface area (Å²) in [6.45, 7) is 6.15. The molecule has 0 spiro atoms. The van der Waals surface area contributed by atoms with Crippen LogP contribution in [0.5, 0.6) is 0 Å². The summed E-state index contributed by atoms with van der Waals surface area (Å²) in [4.78, 5) is 11.3. The van der Waals surface area contributed by atoms with Gasteiger partial charge in [-0.3, -0.25) is 4.79 Å². The van der Waals surface area contributed by atoms with Crippen LogP contribution in [0.25, 0.3) is 0 Å². The maximum Gasteiger partial charge on any atom is 0.311 e. The Morgan fingerprint density at radius 2 is 1.79 bits per heavy atom. The van der Waals surface area contributed by atoms with E-state index in [1.807, 2.05) is 13.8 Å². The molecule has 1 unspecified atom stereocenters. The van der Waals surface area contributed by atoms with Gasteiger partial charge >= 0.3 is 5.97 Å². The number of carbonyl (C=O) groups excluding carboxylic acids is 1. The molecule has 0 saturated heterocycles. The summed E-state index contributed by atoms with van der Waals surface area (Å²) >= 11 is 0. The van der Waals surface area contributed by atoms with E-state index in [-0.39, 0.29) is 26.2 Å². The van der Waals surface area contributed by atoms with Crippen LogP contribution in [0.4, 0.5) is 0 Å². The van der Waals surface area contributed by atoms with Crippen molar-refractivity contribution in [3.63, 3.8) is 0 Å². The van der Waals surface area contributed by atoms with E-state index in [0.29, 0.717) is 0 Å². The first kappa shape index (κ1) is 19.1. The molecule has 0 aliphatic rings. The predicted octanol–water partition coefficient (Wildman–Crippen LogP) is 4.04. The molecule has 0 aliphatic carbocycles. The molecule has 0 aromatic carbocycles. The molecule has 0 fully saturated rings. The van der Waals surface area contributed by atoms with E-state index < -0.39 is 0 Å². The molecular weight excluding hydrogens is 176 g/mol. The molecule has 0 bridgehead atoms. The minimum absolute atomic E-state index is 0. The van der Waals surface area contributed by atoms with Crippen LogP contribution >= 0.6 is 0 Å². The number of ether oxygens (including phenoxy) is 1. The average Bonchev–Trinajstić information content (AvgIpc) is 2.12. The van der Waals surface area contributed by atoms with Crippen molar-refractivity contribution in [2.24, 2.45) is 5.41 Å². The van der Waals surface area contributed by atoms with Crippen LogP contribution in [0.15, 0.2) is 0 Å². The Morgan fingerprint density at radius 1 is 1.29 bits per heavy atom. The maximum absolute atomic E-state index is 11.3. The first-order valence-electron chi connectivity index (χ1n) is 4.69. The Morgan fingerprint density at radius 3 is 2.07 bits per heavy atom. The SMILES string of the molecule is C.C.CCCCC(C)(CC)C(=O)OC. The zero-order chi connectivity index (χ0) is 9.61. The molecule has 0 heterocycles. The largest absolute Gasteiger partial charge is 0.469 e. The fraction of sp³-hybridized carbons (Fsp3) is 0.917. The molecule has 0 aromatic heterocycles. The van der Waals surface area contributed by atoms with Crippen LogP contribution in [0.2, 0.25) is 0 Å². The van der Waals surface area contributed by atoms with Gasteiger partial charge in [0.15, 0.2) is 0 Å². The van der Waals surface area contributed by atoms with Crippen LogP contribution < -0.4 is 0 Å². The highest BCUT2D eigenvalue weighted by Crippen LogP contribution is 2.29. The van der Waals surface area contributed by atoms with Crippen molar-refractivity contribution in [2.45, 2.75) is 61.3 Å². The van der Waals surface area contributed by atoms with Crippen molar-refractivity contribution in [3.8, 4) is 0 Å². The van der Waals surface area contributed by atoms with Crippen molar-refractivity contribution < 1.29 is 9.53 Å². The smallest absolute Gasteiger partial charge is 0.311 e. The van der Waals surface area contributed by atoms with Crippen LogP contribution in [0.3, 0.4) is 0 Å². The lowest BCUT2D eigenvalue weighted by Gasteiger charge is -2.24. The number of hydrogen-bond donors (Lipinski definition) is 0. The Labute approximate surface area is 90.0 Å². The zero-order valence-electron chi connectivity index (χ0n) is 8.64. The van der Waals surface area contributed by atoms with E-state index in [2.05, 4.69) is 6.92 Å². The van der Waals surface area contributed by atoms with Crippen molar-refractivity contribution in [1.82, 2.24) is 0 Å². The molecule has 0 N–H and O–H groups in total. The minimum Gasteiger partial charge on any atom is -0.469 e. The third-order valence-electron chi connectivity index (χ3n) is 2.54. The predicted molar refractivity (Wildman–Crippen MR) is 63.4 cm³/mol. The lowest BCUT2D eigenvalue weighted by molar-refractivity contribution is -0.152. The van der Waals surface area contributed by atoms with Crippen LogP contribution in [-0.4, -0.2) is 13.1 Å². The Hall–Kier alpha value is -0.530. The van der Waals surface area contributed by atoms with Gasteiger partial charge in [0.25, 0.3) is 0 Å². The van der Waals surface area contributed by atoms with Crippen LogP contribution in [0, 0.1) is 5.41 Å². The topological polar surface area (TPSA) is 26.3 Å². The third kappa shape index (κ3) is 5.25. The molecule has 14 heavy (non-hydrogen) atoms. The van der Waals surface area contributed by atoms with Gasteiger partial charge in [-0.05, 0) is 19.8 Å². The first-order chi connectivity index (χ1) is 5.60. The van der Waals surface area contributed by atoms with Crippen LogP contribution in [-0.2, 0) is 9.53 Å². The highest BCUT2D eigenvalue weighted by Gasteiger charge is 2.31. The highest BCUT2D eigenvalue weighted by atomic mass is 16.5. The first-order valence-corrected chi connectivity index (χ1v) is 4.69. The summed E-state index contributed by atoms with van der Waals surface area (Å²) in [6, 6.07) is 0. The lowest BCUT2D eigenvalue weighted by atomic mass is 9.82. The third-order valence-corrected chi connectivity index (χ3v) is 2.54. The van der Waals surface area contributed by atoms with E-state index in [1.54, 1.807) is 0 Å². The molecule has 0 radical (unpaired) electrons. The summed E-state index contributed by atoms with van der Waals surface area (Å²) < 4.78 is 4.76. The number of methoxy groups -OCH3 is 1. The molecule has 88 valence electrons. The van der Waals surface area contributed by atoms with Gasteiger partial charge in [-0.2, -0.15) is 0 Å². The van der Waals surface area contributed by atoms with Gasteiger partial charge in [0.05, 0.1) is 12.5 Å². The molecule has 2 heteroatoms. The van der Waals surface area contributed by atoms with Gasteiger partial charge < -0.3 is 4.74 Å². The minimum atomic E-state index is -0.259. The number of unbranched alkanes of at least 4 members (excludes halogenated alkanes) is 1. The zero-order valence-corrected chi connectivity index (χ0v) is 8.64. The van der Waals surface area contributed by atoms with E-state index in [1.165, 1.54) is 7.11 Å². The van der Waals surface area contributed by atoms with Crippen LogP contribution in [0.1, 0.15) is 61.3 Å². The summed E-state index contributed by atoms with van der Waals surface area (Å²) in [6.07, 6.45) is 4.03. The number of hydrogen-bond acceptors (Lipinski definition) is 2. The second kappa shape index (κ2) is 9.04. The normalized spacial score (nSPS) is 13.1. The fourth-order valence-corrected chi connectivity index (χ4v) is 1.24.